The van der Waals surface area contributed by atoms with E-state index in [1.54, 1.807) is 0 Å². The number of hydrogen-bond donors (Lipinski definition) is 1. The minimum Gasteiger partial charge on any atom is -0.453 e. The minimum absolute atomic E-state index is 0.866. The van der Waals surface area contributed by atoms with Crippen LogP contribution in [0.15, 0.2) is 162 Å². The van der Waals surface area contributed by atoms with Crippen LogP contribution in [0, 0.1) is 0 Å². The van der Waals surface area contributed by atoms with Crippen molar-refractivity contribution in [1.29, 1.82) is 0 Å². The van der Waals surface area contributed by atoms with Crippen molar-refractivity contribution in [2.45, 2.75) is 0 Å². The van der Waals surface area contributed by atoms with Crippen LogP contribution in [-0.4, -0.2) is 0 Å². The van der Waals surface area contributed by atoms with Crippen LogP contribution in [0.2, 0.25) is 0 Å². The summed E-state index contributed by atoms with van der Waals surface area (Å²) < 4.78 is 6.83. The van der Waals surface area contributed by atoms with Crippen molar-refractivity contribution < 1.29 is 4.42 Å². The Morgan fingerprint density at radius 1 is 0.364 bits per heavy atom. The summed E-state index contributed by atoms with van der Waals surface area (Å²) in [5.41, 5.74) is 8.45. The van der Waals surface area contributed by atoms with Crippen LogP contribution in [0.3, 0.4) is 0 Å². The number of rotatable bonds is 4. The van der Waals surface area contributed by atoms with Crippen LogP contribution in [0.25, 0.3) is 76.5 Å². The molecule has 1 heterocycles. The topological polar surface area (TPSA) is 25.2 Å². The molecular formula is C42H27NO. The van der Waals surface area contributed by atoms with Gasteiger partial charge in [-0.05, 0) is 61.8 Å². The Bertz CT molecular complexity index is 2520. The molecule has 0 fully saturated rings. The van der Waals surface area contributed by atoms with Gasteiger partial charge < -0.3 is 9.73 Å². The van der Waals surface area contributed by atoms with Crippen molar-refractivity contribution in [2.24, 2.45) is 0 Å². The zero-order chi connectivity index (χ0) is 29.0. The Morgan fingerprint density at radius 3 is 1.93 bits per heavy atom. The SMILES string of the molecule is c1ccc(-c2cccc3c2oc2c(Nc4cccc5c(-c6ccc7ccccc7c6)cccc45)cc4ccccc4c23)cc1. The number of anilines is 2. The van der Waals surface area contributed by atoms with Crippen molar-refractivity contribution >= 4 is 65.6 Å². The van der Waals surface area contributed by atoms with Gasteiger partial charge in [-0.3, -0.25) is 0 Å². The Kier molecular flexibility index (Phi) is 5.54. The highest BCUT2D eigenvalue weighted by molar-refractivity contribution is 6.24. The van der Waals surface area contributed by atoms with Gasteiger partial charge in [-0.2, -0.15) is 0 Å². The fourth-order valence-corrected chi connectivity index (χ4v) is 6.76. The maximum Gasteiger partial charge on any atom is 0.159 e. The first kappa shape index (κ1) is 24.7. The molecule has 2 heteroatoms. The van der Waals surface area contributed by atoms with E-state index < -0.39 is 0 Å². The van der Waals surface area contributed by atoms with Gasteiger partial charge in [0.1, 0.15) is 5.58 Å². The largest absolute Gasteiger partial charge is 0.453 e. The van der Waals surface area contributed by atoms with Crippen molar-refractivity contribution in [3.05, 3.63) is 158 Å². The molecule has 0 radical (unpaired) electrons. The molecule has 9 rings (SSSR count). The van der Waals surface area contributed by atoms with Gasteiger partial charge in [0.15, 0.2) is 5.58 Å². The molecule has 44 heavy (non-hydrogen) atoms. The van der Waals surface area contributed by atoms with Crippen LogP contribution in [-0.2, 0) is 0 Å². The van der Waals surface area contributed by atoms with Gasteiger partial charge in [0.25, 0.3) is 0 Å². The number of fused-ring (bicyclic) bond motifs is 7. The number of hydrogen-bond acceptors (Lipinski definition) is 2. The summed E-state index contributed by atoms with van der Waals surface area (Å²) in [5.74, 6) is 0. The highest BCUT2D eigenvalue weighted by Crippen LogP contribution is 2.44. The molecule has 0 saturated heterocycles. The standard InChI is InChI=1S/C42H27NO/c1-2-12-28(13-3-1)34-18-9-21-37-40-33-16-7-6-15-30(33)26-39(42(40)44-41(34)37)43-38-22-10-19-35-32(17-8-20-36(35)38)31-24-23-27-11-4-5-14-29(27)25-31/h1-26,43H. The maximum absolute atomic E-state index is 6.83. The van der Waals surface area contributed by atoms with Crippen LogP contribution in [0.5, 0.6) is 0 Å². The summed E-state index contributed by atoms with van der Waals surface area (Å²) in [6, 6.07) is 56.1. The average Bonchev–Trinajstić information content (AvgIpc) is 3.49. The number of nitrogens with one attached hydrogen (secondary N) is 1. The van der Waals surface area contributed by atoms with E-state index in [0.717, 1.165) is 44.4 Å². The van der Waals surface area contributed by atoms with Crippen LogP contribution >= 0.6 is 0 Å². The summed E-state index contributed by atoms with van der Waals surface area (Å²) in [6.45, 7) is 0. The first-order valence-electron chi connectivity index (χ1n) is 15.0. The Labute approximate surface area is 254 Å². The lowest BCUT2D eigenvalue weighted by atomic mass is 9.95. The van der Waals surface area contributed by atoms with E-state index in [1.165, 1.54) is 43.4 Å². The third kappa shape index (κ3) is 3.89. The van der Waals surface area contributed by atoms with E-state index in [4.69, 9.17) is 4.42 Å². The Balaban J connectivity index is 1.25. The van der Waals surface area contributed by atoms with Gasteiger partial charge in [-0.15, -0.1) is 0 Å². The molecule has 0 unspecified atom stereocenters. The van der Waals surface area contributed by atoms with Crippen LogP contribution < -0.4 is 5.32 Å². The van der Waals surface area contributed by atoms with Crippen molar-refractivity contribution in [3.8, 4) is 22.3 Å². The van der Waals surface area contributed by atoms with Crippen molar-refractivity contribution in [2.75, 3.05) is 5.32 Å². The zero-order valence-corrected chi connectivity index (χ0v) is 23.9. The second-order valence-corrected chi connectivity index (χ2v) is 11.4. The summed E-state index contributed by atoms with van der Waals surface area (Å²) in [6.07, 6.45) is 0. The van der Waals surface area contributed by atoms with Gasteiger partial charge in [-0.25, -0.2) is 0 Å². The van der Waals surface area contributed by atoms with Gasteiger partial charge in [-0.1, -0.05) is 140 Å². The predicted octanol–water partition coefficient (Wildman–Crippen LogP) is 12.1. The van der Waals surface area contributed by atoms with E-state index in [2.05, 4.69) is 157 Å². The molecule has 0 bridgehead atoms. The highest BCUT2D eigenvalue weighted by Gasteiger charge is 2.18. The molecule has 9 aromatic rings. The van der Waals surface area contributed by atoms with Gasteiger partial charge >= 0.3 is 0 Å². The van der Waals surface area contributed by atoms with E-state index in [9.17, 15) is 0 Å². The molecule has 0 atom stereocenters. The first-order valence-corrected chi connectivity index (χ1v) is 15.0. The summed E-state index contributed by atoms with van der Waals surface area (Å²) in [4.78, 5) is 0. The summed E-state index contributed by atoms with van der Waals surface area (Å²) >= 11 is 0. The number of furan rings is 1. The summed E-state index contributed by atoms with van der Waals surface area (Å²) in [5, 5.41) is 13.3. The third-order valence-corrected chi connectivity index (χ3v) is 8.83. The normalized spacial score (nSPS) is 11.6. The number of benzene rings is 8. The van der Waals surface area contributed by atoms with E-state index >= 15 is 0 Å². The quantitative estimate of drug-likeness (QED) is 0.231. The smallest absolute Gasteiger partial charge is 0.159 e. The molecule has 0 aliphatic heterocycles. The van der Waals surface area contributed by atoms with E-state index in [1.807, 2.05) is 6.07 Å². The fraction of sp³-hybridized carbons (Fsp3) is 0. The second-order valence-electron chi connectivity index (χ2n) is 11.4. The predicted molar refractivity (Wildman–Crippen MR) is 187 cm³/mol. The monoisotopic (exact) mass is 561 g/mol. The molecule has 206 valence electrons. The fourth-order valence-electron chi connectivity index (χ4n) is 6.76. The van der Waals surface area contributed by atoms with Gasteiger partial charge in [0.2, 0.25) is 0 Å². The lowest BCUT2D eigenvalue weighted by Gasteiger charge is -2.14. The third-order valence-electron chi connectivity index (χ3n) is 8.83. The molecule has 0 aliphatic carbocycles. The van der Waals surface area contributed by atoms with E-state index in [0.29, 0.717) is 0 Å². The Hall–Kier alpha value is -5.86. The van der Waals surface area contributed by atoms with Gasteiger partial charge in [0, 0.05) is 27.4 Å². The van der Waals surface area contributed by atoms with Crippen molar-refractivity contribution in [1.82, 2.24) is 0 Å². The molecule has 1 N–H and O–H groups in total. The molecule has 0 amide bonds. The molecular weight excluding hydrogens is 534 g/mol. The highest BCUT2D eigenvalue weighted by atomic mass is 16.3. The van der Waals surface area contributed by atoms with Crippen molar-refractivity contribution in [3.63, 3.8) is 0 Å². The summed E-state index contributed by atoms with van der Waals surface area (Å²) in [7, 11) is 0. The second kappa shape index (κ2) is 9.86. The van der Waals surface area contributed by atoms with E-state index in [-0.39, 0.29) is 0 Å². The Morgan fingerprint density at radius 2 is 1.05 bits per heavy atom. The lowest BCUT2D eigenvalue weighted by molar-refractivity contribution is 0.671. The number of para-hydroxylation sites is 1. The first-order chi connectivity index (χ1) is 21.8. The minimum atomic E-state index is 0.866. The molecule has 0 spiro atoms. The lowest BCUT2D eigenvalue weighted by Crippen LogP contribution is -1.93. The molecule has 1 aromatic heterocycles. The molecule has 8 aromatic carbocycles. The van der Waals surface area contributed by atoms with Crippen LogP contribution in [0.1, 0.15) is 0 Å². The molecule has 0 aliphatic rings. The molecule has 0 saturated carbocycles. The van der Waals surface area contributed by atoms with Crippen LogP contribution in [0.4, 0.5) is 11.4 Å². The maximum atomic E-state index is 6.83. The van der Waals surface area contributed by atoms with Gasteiger partial charge in [0.05, 0.1) is 5.69 Å². The zero-order valence-electron chi connectivity index (χ0n) is 23.9. The average molecular weight is 562 g/mol. The molecule has 2 nitrogen and oxygen atoms in total.